The zero-order valence-corrected chi connectivity index (χ0v) is 11.4. The fraction of sp³-hybridized carbons (Fsp3) is 0.462. The van der Waals surface area contributed by atoms with E-state index in [1.807, 2.05) is 0 Å². The fourth-order valence-electron chi connectivity index (χ4n) is 2.36. The Morgan fingerprint density at radius 1 is 1.62 bits per heavy atom. The molecule has 1 heterocycles. The maximum atomic E-state index is 14.0. The molecule has 0 bridgehead atoms. The molecule has 1 aliphatic rings. The first-order chi connectivity index (χ1) is 9.90. The summed E-state index contributed by atoms with van der Waals surface area (Å²) < 4.78 is 19.4. The fourth-order valence-corrected chi connectivity index (χ4v) is 2.36. The highest BCUT2D eigenvalue weighted by atomic mass is 19.1. The van der Waals surface area contributed by atoms with Crippen molar-refractivity contribution in [3.8, 4) is 0 Å². The summed E-state index contributed by atoms with van der Waals surface area (Å²) in [6, 6.07) is 1.63. The Morgan fingerprint density at radius 2 is 2.33 bits per heavy atom. The van der Waals surface area contributed by atoms with Crippen molar-refractivity contribution < 1.29 is 24.0 Å². The second-order valence-corrected chi connectivity index (χ2v) is 4.90. The normalized spacial score (nSPS) is 17.7. The lowest BCUT2D eigenvalue weighted by atomic mass is 10.1. The molecule has 1 saturated heterocycles. The molecule has 0 saturated carbocycles. The minimum absolute atomic E-state index is 0.00787. The molecule has 0 radical (unpaired) electrons. The van der Waals surface area contributed by atoms with Gasteiger partial charge in [0, 0.05) is 20.2 Å². The predicted molar refractivity (Wildman–Crippen MR) is 72.3 cm³/mol. The van der Waals surface area contributed by atoms with E-state index in [4.69, 9.17) is 9.84 Å². The van der Waals surface area contributed by atoms with Gasteiger partial charge in [-0.15, -0.1) is 0 Å². The Balaban J connectivity index is 2.32. The highest BCUT2D eigenvalue weighted by molar-refractivity contribution is 5.93. The molecule has 1 aliphatic heterocycles. The van der Waals surface area contributed by atoms with Crippen LogP contribution in [0.3, 0.4) is 0 Å². The van der Waals surface area contributed by atoms with Crippen LogP contribution in [0.1, 0.15) is 23.2 Å². The number of hydrogen-bond donors (Lipinski definition) is 1. The Labute approximate surface area is 120 Å². The molecule has 21 heavy (non-hydrogen) atoms. The highest BCUT2D eigenvalue weighted by Gasteiger charge is 2.26. The molecule has 0 aromatic heterocycles. The quantitative estimate of drug-likeness (QED) is 0.660. The summed E-state index contributed by atoms with van der Waals surface area (Å²) in [5.41, 5.74) is -1.28. The summed E-state index contributed by atoms with van der Waals surface area (Å²) in [6.07, 6.45) is 1.74. The van der Waals surface area contributed by atoms with Crippen molar-refractivity contribution >= 4 is 17.3 Å². The molecule has 1 atom stereocenters. The number of aromatic carboxylic acids is 1. The van der Waals surface area contributed by atoms with E-state index in [-0.39, 0.29) is 11.8 Å². The van der Waals surface area contributed by atoms with Crippen LogP contribution < -0.4 is 4.90 Å². The van der Waals surface area contributed by atoms with Crippen molar-refractivity contribution in [2.45, 2.75) is 18.9 Å². The first kappa shape index (κ1) is 15.2. The number of likely N-dealkylation sites (N-methyl/N-ethyl adjacent to an activating group) is 1. The molecule has 2 rings (SSSR count). The molecule has 1 fully saturated rings. The smallest absolute Gasteiger partial charge is 0.342 e. The van der Waals surface area contributed by atoms with E-state index in [9.17, 15) is 19.3 Å². The van der Waals surface area contributed by atoms with Gasteiger partial charge < -0.3 is 14.7 Å². The van der Waals surface area contributed by atoms with Crippen LogP contribution in [0.5, 0.6) is 0 Å². The molecule has 0 aliphatic carbocycles. The van der Waals surface area contributed by atoms with Crippen LogP contribution in [0.25, 0.3) is 0 Å². The molecule has 0 spiro atoms. The average Bonchev–Trinajstić information content (AvgIpc) is 2.90. The van der Waals surface area contributed by atoms with E-state index >= 15 is 0 Å². The number of benzene rings is 1. The van der Waals surface area contributed by atoms with Gasteiger partial charge in [-0.05, 0) is 18.9 Å². The van der Waals surface area contributed by atoms with Gasteiger partial charge in [-0.2, -0.15) is 0 Å². The zero-order valence-electron chi connectivity index (χ0n) is 11.4. The van der Waals surface area contributed by atoms with Crippen LogP contribution >= 0.6 is 0 Å². The molecule has 1 unspecified atom stereocenters. The van der Waals surface area contributed by atoms with Gasteiger partial charge in [0.2, 0.25) is 0 Å². The van der Waals surface area contributed by atoms with Gasteiger partial charge in [-0.25, -0.2) is 9.18 Å². The highest BCUT2D eigenvalue weighted by Crippen LogP contribution is 2.29. The first-order valence-corrected chi connectivity index (χ1v) is 6.44. The van der Waals surface area contributed by atoms with E-state index < -0.39 is 28.0 Å². The summed E-state index contributed by atoms with van der Waals surface area (Å²) in [6.45, 7) is 1.05. The van der Waals surface area contributed by atoms with Gasteiger partial charge >= 0.3 is 5.97 Å². The number of rotatable bonds is 5. The summed E-state index contributed by atoms with van der Waals surface area (Å²) in [7, 11) is 1.59. The second kappa shape index (κ2) is 6.04. The SMILES string of the molecule is CN(CC1CCCO1)c1cc(C(=O)O)c([N+](=O)[O-])cc1F. The third kappa shape index (κ3) is 3.27. The number of anilines is 1. The molecule has 1 N–H and O–H groups in total. The second-order valence-electron chi connectivity index (χ2n) is 4.90. The van der Waals surface area contributed by atoms with E-state index in [1.165, 1.54) is 4.90 Å². The van der Waals surface area contributed by atoms with Crippen molar-refractivity contribution in [1.82, 2.24) is 0 Å². The molecular weight excluding hydrogens is 283 g/mol. The standard InChI is InChI=1S/C13H15FN2O5/c1-15(7-8-3-2-4-21-8)12-5-9(13(17)18)11(16(19)20)6-10(12)14/h5-6,8H,2-4,7H2,1H3,(H,17,18). The molecular formula is C13H15FN2O5. The van der Waals surface area contributed by atoms with Gasteiger partial charge in [0.25, 0.3) is 5.69 Å². The number of ether oxygens (including phenoxy) is 1. The summed E-state index contributed by atoms with van der Waals surface area (Å²) in [5.74, 6) is -2.29. The molecule has 1 aromatic rings. The summed E-state index contributed by atoms with van der Waals surface area (Å²) >= 11 is 0. The number of nitrogens with zero attached hydrogens (tertiary/aromatic N) is 2. The number of carbonyl (C=O) groups is 1. The lowest BCUT2D eigenvalue weighted by Gasteiger charge is -2.23. The molecule has 1 aromatic carbocycles. The van der Waals surface area contributed by atoms with Crippen LogP contribution in [0.4, 0.5) is 15.8 Å². The topological polar surface area (TPSA) is 92.9 Å². The molecule has 0 amide bonds. The van der Waals surface area contributed by atoms with E-state index in [1.54, 1.807) is 7.05 Å². The third-order valence-electron chi connectivity index (χ3n) is 3.40. The lowest BCUT2D eigenvalue weighted by Crippen LogP contribution is -2.29. The maximum Gasteiger partial charge on any atom is 0.342 e. The number of hydrogen-bond acceptors (Lipinski definition) is 5. The van der Waals surface area contributed by atoms with Crippen LogP contribution in [-0.4, -0.2) is 42.3 Å². The molecule has 7 nitrogen and oxygen atoms in total. The van der Waals surface area contributed by atoms with Crippen molar-refractivity contribution in [3.63, 3.8) is 0 Å². The number of halogens is 1. The predicted octanol–water partition coefficient (Wildman–Crippen LogP) is 2.05. The lowest BCUT2D eigenvalue weighted by molar-refractivity contribution is -0.385. The van der Waals surface area contributed by atoms with Crippen molar-refractivity contribution in [2.24, 2.45) is 0 Å². The van der Waals surface area contributed by atoms with E-state index in [0.717, 1.165) is 18.9 Å². The van der Waals surface area contributed by atoms with Crippen molar-refractivity contribution in [1.29, 1.82) is 0 Å². The van der Waals surface area contributed by atoms with Gasteiger partial charge in [0.05, 0.1) is 22.8 Å². The molecule has 8 heteroatoms. The summed E-state index contributed by atoms with van der Waals surface area (Å²) in [4.78, 5) is 22.5. The van der Waals surface area contributed by atoms with Crippen molar-refractivity contribution in [2.75, 3.05) is 25.1 Å². The molecule has 114 valence electrons. The van der Waals surface area contributed by atoms with Crippen LogP contribution in [0, 0.1) is 15.9 Å². The van der Waals surface area contributed by atoms with Crippen LogP contribution in [-0.2, 0) is 4.74 Å². The van der Waals surface area contributed by atoms with Gasteiger partial charge in [-0.3, -0.25) is 10.1 Å². The Bertz CT molecular complexity index is 572. The maximum absolute atomic E-state index is 14.0. The number of nitro benzene ring substituents is 1. The first-order valence-electron chi connectivity index (χ1n) is 6.44. The summed E-state index contributed by atoms with van der Waals surface area (Å²) in [5, 5.41) is 19.8. The van der Waals surface area contributed by atoms with Crippen molar-refractivity contribution in [3.05, 3.63) is 33.6 Å². The third-order valence-corrected chi connectivity index (χ3v) is 3.40. The zero-order chi connectivity index (χ0) is 15.6. The Hall–Kier alpha value is -2.22. The minimum Gasteiger partial charge on any atom is -0.477 e. The Kier molecular flexibility index (Phi) is 4.37. The van der Waals surface area contributed by atoms with Crippen LogP contribution in [0.2, 0.25) is 0 Å². The largest absolute Gasteiger partial charge is 0.477 e. The number of carboxylic acid groups (broad SMARTS) is 1. The van der Waals surface area contributed by atoms with Gasteiger partial charge in [0.1, 0.15) is 5.56 Å². The number of nitro groups is 1. The number of carboxylic acids is 1. The van der Waals surface area contributed by atoms with Gasteiger partial charge in [-0.1, -0.05) is 0 Å². The van der Waals surface area contributed by atoms with Crippen LogP contribution in [0.15, 0.2) is 12.1 Å². The monoisotopic (exact) mass is 298 g/mol. The average molecular weight is 298 g/mol. The van der Waals surface area contributed by atoms with E-state index in [2.05, 4.69) is 0 Å². The van der Waals surface area contributed by atoms with E-state index in [0.29, 0.717) is 19.2 Å². The Morgan fingerprint density at radius 3 is 2.86 bits per heavy atom. The van der Waals surface area contributed by atoms with Gasteiger partial charge in [0.15, 0.2) is 5.82 Å². The minimum atomic E-state index is -1.46.